The maximum absolute atomic E-state index is 12.9. The van der Waals surface area contributed by atoms with Crippen molar-refractivity contribution >= 4 is 16.9 Å². The number of amides is 1. The van der Waals surface area contributed by atoms with Crippen LogP contribution < -0.4 is 10.1 Å². The number of nitrogens with zero attached hydrogens (tertiary/aromatic N) is 1. The molecule has 2 atom stereocenters. The van der Waals surface area contributed by atoms with Crippen molar-refractivity contribution in [1.82, 2.24) is 15.3 Å². The lowest BCUT2D eigenvalue weighted by Crippen LogP contribution is -2.40. The molecule has 0 radical (unpaired) electrons. The molecule has 2 N–H and O–H groups in total. The van der Waals surface area contributed by atoms with E-state index in [4.69, 9.17) is 4.74 Å². The third-order valence-corrected chi connectivity index (χ3v) is 5.39. The Labute approximate surface area is 165 Å². The first-order valence-electron chi connectivity index (χ1n) is 9.93. The number of aromatic amines is 1. The van der Waals surface area contributed by atoms with E-state index in [0.717, 1.165) is 29.0 Å². The average molecular weight is 377 g/mol. The van der Waals surface area contributed by atoms with Gasteiger partial charge in [0, 0.05) is 18.4 Å². The number of benzene rings is 2. The smallest absolute Gasteiger partial charge is 0.226 e. The average Bonchev–Trinajstić information content (AvgIpc) is 3.31. The molecule has 5 heteroatoms. The molecular formula is C23H27N3O2. The van der Waals surface area contributed by atoms with Crippen LogP contribution in [0.5, 0.6) is 5.75 Å². The van der Waals surface area contributed by atoms with E-state index in [1.54, 1.807) is 0 Å². The highest BCUT2D eigenvalue weighted by molar-refractivity contribution is 5.83. The number of nitrogens with one attached hydrogen (secondary N) is 2. The van der Waals surface area contributed by atoms with Gasteiger partial charge in [-0.05, 0) is 43.2 Å². The van der Waals surface area contributed by atoms with Crippen LogP contribution >= 0.6 is 0 Å². The molecule has 4 rings (SSSR count). The van der Waals surface area contributed by atoms with Gasteiger partial charge in [-0.25, -0.2) is 4.98 Å². The Morgan fingerprint density at radius 3 is 2.68 bits per heavy atom. The van der Waals surface area contributed by atoms with E-state index in [1.165, 1.54) is 5.56 Å². The molecule has 1 aliphatic carbocycles. The maximum atomic E-state index is 12.9. The molecule has 0 aliphatic heterocycles. The van der Waals surface area contributed by atoms with Gasteiger partial charge in [0.25, 0.3) is 0 Å². The van der Waals surface area contributed by atoms with E-state index in [2.05, 4.69) is 27.4 Å². The monoisotopic (exact) mass is 377 g/mol. The molecule has 1 heterocycles. The minimum atomic E-state index is -0.528. The second-order valence-corrected chi connectivity index (χ2v) is 8.19. The van der Waals surface area contributed by atoms with Crippen molar-refractivity contribution in [3.05, 3.63) is 59.9 Å². The molecule has 1 fully saturated rings. The standard InChI is InChI=1S/C23H27N3O2/c1-4-28-16-11-9-15(10-12-16)17-13-20(17)26-22(27)23(2,3)14-21-24-18-7-5-6-8-19(18)25-21/h5-12,17,20H,4,13-14H2,1-3H3,(H,24,25)(H,26,27)/t17-,20+/m0/s1. The number of aromatic nitrogens is 2. The van der Waals surface area contributed by atoms with Crippen molar-refractivity contribution < 1.29 is 9.53 Å². The Kier molecular flexibility index (Phi) is 4.84. The van der Waals surface area contributed by atoms with Gasteiger partial charge in [-0.1, -0.05) is 38.1 Å². The van der Waals surface area contributed by atoms with Crippen molar-refractivity contribution in [2.75, 3.05) is 6.61 Å². The SMILES string of the molecule is CCOc1ccc([C@@H]2C[C@H]2NC(=O)C(C)(C)Cc2nc3ccccc3[nH]2)cc1. The molecule has 146 valence electrons. The predicted octanol–water partition coefficient (Wildman–Crippen LogP) is 4.20. The fourth-order valence-electron chi connectivity index (χ4n) is 3.65. The van der Waals surface area contributed by atoms with Crippen molar-refractivity contribution in [3.8, 4) is 5.75 Å². The number of fused-ring (bicyclic) bond motifs is 1. The number of carbonyl (C=O) groups is 1. The predicted molar refractivity (Wildman–Crippen MR) is 110 cm³/mol. The summed E-state index contributed by atoms with van der Waals surface area (Å²) in [6.45, 7) is 6.60. The van der Waals surface area contributed by atoms with Gasteiger partial charge in [-0.15, -0.1) is 0 Å². The molecular weight excluding hydrogens is 350 g/mol. The normalized spacial score (nSPS) is 18.8. The van der Waals surface area contributed by atoms with E-state index in [1.807, 2.05) is 57.2 Å². The van der Waals surface area contributed by atoms with Gasteiger partial charge in [0.2, 0.25) is 5.91 Å². The fourth-order valence-corrected chi connectivity index (χ4v) is 3.65. The number of para-hydroxylation sites is 2. The molecule has 3 aromatic rings. The number of hydrogen-bond donors (Lipinski definition) is 2. The van der Waals surface area contributed by atoms with Crippen molar-refractivity contribution in [1.29, 1.82) is 0 Å². The van der Waals surface area contributed by atoms with Crippen LogP contribution in [-0.2, 0) is 11.2 Å². The number of ether oxygens (including phenoxy) is 1. The zero-order valence-corrected chi connectivity index (χ0v) is 16.7. The lowest BCUT2D eigenvalue weighted by atomic mass is 9.88. The van der Waals surface area contributed by atoms with Crippen LogP contribution in [0.4, 0.5) is 0 Å². The minimum absolute atomic E-state index is 0.0754. The fraction of sp³-hybridized carbons (Fsp3) is 0.391. The number of H-pyrrole nitrogens is 1. The first-order valence-corrected chi connectivity index (χ1v) is 9.93. The largest absolute Gasteiger partial charge is 0.494 e. The molecule has 28 heavy (non-hydrogen) atoms. The molecule has 0 bridgehead atoms. The van der Waals surface area contributed by atoms with E-state index in [-0.39, 0.29) is 11.9 Å². The second kappa shape index (κ2) is 7.30. The zero-order chi connectivity index (χ0) is 19.7. The van der Waals surface area contributed by atoms with E-state index in [9.17, 15) is 4.79 Å². The molecule has 2 aromatic carbocycles. The summed E-state index contributed by atoms with van der Waals surface area (Å²) in [7, 11) is 0. The maximum Gasteiger partial charge on any atom is 0.226 e. The van der Waals surface area contributed by atoms with Gasteiger partial charge in [0.05, 0.1) is 23.1 Å². The summed E-state index contributed by atoms with van der Waals surface area (Å²) in [5.41, 5.74) is 2.67. The third-order valence-electron chi connectivity index (χ3n) is 5.39. The number of imidazole rings is 1. The summed E-state index contributed by atoms with van der Waals surface area (Å²) in [6.07, 6.45) is 1.56. The lowest BCUT2D eigenvalue weighted by Gasteiger charge is -2.22. The van der Waals surface area contributed by atoms with E-state index in [0.29, 0.717) is 18.9 Å². The highest BCUT2D eigenvalue weighted by Gasteiger charge is 2.42. The Morgan fingerprint density at radius 2 is 1.96 bits per heavy atom. The molecule has 1 saturated carbocycles. The molecule has 0 spiro atoms. The lowest BCUT2D eigenvalue weighted by molar-refractivity contribution is -0.129. The van der Waals surface area contributed by atoms with E-state index >= 15 is 0 Å². The summed E-state index contributed by atoms with van der Waals surface area (Å²) in [4.78, 5) is 20.8. The van der Waals surface area contributed by atoms with E-state index < -0.39 is 5.41 Å². The van der Waals surface area contributed by atoms with Crippen molar-refractivity contribution in [2.45, 2.75) is 45.6 Å². The first-order chi connectivity index (χ1) is 13.5. The highest BCUT2D eigenvalue weighted by Crippen LogP contribution is 2.42. The van der Waals surface area contributed by atoms with Crippen LogP contribution in [0.1, 0.15) is 44.5 Å². The van der Waals surface area contributed by atoms with Gasteiger partial charge >= 0.3 is 0 Å². The van der Waals surface area contributed by atoms with Crippen molar-refractivity contribution in [3.63, 3.8) is 0 Å². The summed E-state index contributed by atoms with van der Waals surface area (Å²) < 4.78 is 5.50. The Hall–Kier alpha value is -2.82. The number of rotatable bonds is 7. The zero-order valence-electron chi connectivity index (χ0n) is 16.7. The van der Waals surface area contributed by atoms with Crippen LogP contribution in [0.15, 0.2) is 48.5 Å². The number of carbonyl (C=O) groups excluding carboxylic acids is 1. The van der Waals surface area contributed by atoms with Crippen LogP contribution in [0, 0.1) is 5.41 Å². The first kappa shape index (κ1) is 18.5. The Morgan fingerprint density at radius 1 is 1.21 bits per heavy atom. The van der Waals surface area contributed by atoms with Gasteiger partial charge in [-0.3, -0.25) is 4.79 Å². The highest BCUT2D eigenvalue weighted by atomic mass is 16.5. The summed E-state index contributed by atoms with van der Waals surface area (Å²) >= 11 is 0. The van der Waals surface area contributed by atoms with Gasteiger partial charge in [0.1, 0.15) is 11.6 Å². The molecule has 1 aromatic heterocycles. The molecule has 0 unspecified atom stereocenters. The molecule has 1 amide bonds. The Bertz CT molecular complexity index is 942. The minimum Gasteiger partial charge on any atom is -0.494 e. The van der Waals surface area contributed by atoms with Crippen LogP contribution in [0.25, 0.3) is 11.0 Å². The third kappa shape index (κ3) is 3.88. The van der Waals surface area contributed by atoms with Crippen LogP contribution in [0.3, 0.4) is 0 Å². The van der Waals surface area contributed by atoms with Crippen LogP contribution in [0.2, 0.25) is 0 Å². The second-order valence-electron chi connectivity index (χ2n) is 8.19. The summed E-state index contributed by atoms with van der Waals surface area (Å²) in [5, 5.41) is 3.22. The van der Waals surface area contributed by atoms with Gasteiger partial charge in [0.15, 0.2) is 0 Å². The summed E-state index contributed by atoms with van der Waals surface area (Å²) in [6, 6.07) is 16.3. The van der Waals surface area contributed by atoms with Crippen LogP contribution in [-0.4, -0.2) is 28.5 Å². The molecule has 0 saturated heterocycles. The van der Waals surface area contributed by atoms with Crippen molar-refractivity contribution in [2.24, 2.45) is 5.41 Å². The molecule has 5 nitrogen and oxygen atoms in total. The van der Waals surface area contributed by atoms with Gasteiger partial charge in [-0.2, -0.15) is 0 Å². The number of hydrogen-bond acceptors (Lipinski definition) is 3. The Balaban J connectivity index is 1.36. The summed E-state index contributed by atoms with van der Waals surface area (Å²) in [5.74, 6) is 2.20. The topological polar surface area (TPSA) is 67.0 Å². The molecule has 1 aliphatic rings. The van der Waals surface area contributed by atoms with Gasteiger partial charge < -0.3 is 15.0 Å². The quantitative estimate of drug-likeness (QED) is 0.648.